The van der Waals surface area contributed by atoms with Gasteiger partial charge in [-0.15, -0.1) is 11.3 Å². The van der Waals surface area contributed by atoms with Gasteiger partial charge in [0.25, 0.3) is 5.91 Å². The number of nitrogens with two attached hydrogens (primary N) is 1. The van der Waals surface area contributed by atoms with Crippen molar-refractivity contribution in [2.45, 2.75) is 39.0 Å². The Balaban J connectivity index is 1.95. The van der Waals surface area contributed by atoms with E-state index in [0.717, 1.165) is 24.7 Å². The summed E-state index contributed by atoms with van der Waals surface area (Å²) in [5.41, 5.74) is 8.29. The van der Waals surface area contributed by atoms with Crippen molar-refractivity contribution < 1.29 is 4.79 Å². The summed E-state index contributed by atoms with van der Waals surface area (Å²) in [5.74, 6) is 1.99. The highest BCUT2D eigenvalue weighted by Gasteiger charge is 2.35. The number of hydrogen-bond acceptors (Lipinski definition) is 4. The highest BCUT2D eigenvalue weighted by molar-refractivity contribution is 7.18. The summed E-state index contributed by atoms with van der Waals surface area (Å²) in [6.07, 6.45) is 3.64. The Morgan fingerprint density at radius 2 is 2.00 bits per heavy atom. The number of hydrogen-bond donors (Lipinski definition) is 2. The van der Waals surface area contributed by atoms with Gasteiger partial charge in [0.05, 0.1) is 10.7 Å². The molecular weight excluding hydrogens is 282 g/mol. The lowest BCUT2D eigenvalue weighted by Crippen LogP contribution is -2.38. The van der Waals surface area contributed by atoms with Gasteiger partial charge in [-0.25, -0.2) is 0 Å². The van der Waals surface area contributed by atoms with Crippen LogP contribution in [0, 0.1) is 11.8 Å². The van der Waals surface area contributed by atoms with Crippen molar-refractivity contribution in [3.05, 3.63) is 10.4 Å². The van der Waals surface area contributed by atoms with E-state index < -0.39 is 0 Å². The second-order valence-corrected chi connectivity index (χ2v) is 7.61. The first-order valence-electron chi connectivity index (χ1n) is 7.92. The van der Waals surface area contributed by atoms with Gasteiger partial charge < -0.3 is 16.0 Å². The first kappa shape index (κ1) is 14.7. The number of carbonyl (C=O) groups is 1. The highest BCUT2D eigenvalue weighted by atomic mass is 32.1. The van der Waals surface area contributed by atoms with Crippen molar-refractivity contribution >= 4 is 27.9 Å². The molecule has 2 atom stereocenters. The molecule has 1 aromatic heterocycles. The molecule has 3 rings (SSSR count). The van der Waals surface area contributed by atoms with Crippen LogP contribution in [0.3, 0.4) is 0 Å². The van der Waals surface area contributed by atoms with E-state index in [4.69, 9.17) is 5.73 Å². The summed E-state index contributed by atoms with van der Waals surface area (Å²) in [6, 6.07) is 0. The SMILES string of the molecule is CNC(=O)c1sc(N2CCC(C)C(C)C2)c(C2CC2)c1N. The van der Waals surface area contributed by atoms with E-state index in [9.17, 15) is 4.79 Å². The third kappa shape index (κ3) is 2.63. The predicted octanol–water partition coefficient (Wildman–Crippen LogP) is 3.05. The third-order valence-electron chi connectivity index (χ3n) is 5.00. The van der Waals surface area contributed by atoms with E-state index in [0.29, 0.717) is 16.7 Å². The van der Waals surface area contributed by atoms with Crippen LogP contribution in [0.5, 0.6) is 0 Å². The Morgan fingerprint density at radius 3 is 2.57 bits per heavy atom. The zero-order valence-electron chi connectivity index (χ0n) is 13.1. The quantitative estimate of drug-likeness (QED) is 0.902. The van der Waals surface area contributed by atoms with Crippen molar-refractivity contribution in [2.24, 2.45) is 11.8 Å². The number of anilines is 2. The van der Waals surface area contributed by atoms with Crippen molar-refractivity contribution in [3.63, 3.8) is 0 Å². The number of amides is 1. The number of nitrogens with one attached hydrogen (secondary N) is 1. The first-order valence-corrected chi connectivity index (χ1v) is 8.73. The standard InChI is InChI=1S/C16H25N3OS/c1-9-6-7-19(8-10(9)2)16-12(11-4-5-11)13(17)14(21-16)15(20)18-3/h9-11H,4-8,17H2,1-3H3,(H,18,20). The van der Waals surface area contributed by atoms with Gasteiger partial charge in [-0.3, -0.25) is 4.79 Å². The Kier molecular flexibility index (Phi) is 3.86. The van der Waals surface area contributed by atoms with Crippen LogP contribution in [0.25, 0.3) is 0 Å². The Morgan fingerprint density at radius 1 is 1.29 bits per heavy atom. The summed E-state index contributed by atoms with van der Waals surface area (Å²) < 4.78 is 0. The summed E-state index contributed by atoms with van der Waals surface area (Å²) >= 11 is 1.59. The van der Waals surface area contributed by atoms with E-state index in [-0.39, 0.29) is 5.91 Å². The monoisotopic (exact) mass is 307 g/mol. The summed E-state index contributed by atoms with van der Waals surface area (Å²) in [5, 5.41) is 3.97. The van der Waals surface area contributed by atoms with Crippen LogP contribution >= 0.6 is 11.3 Å². The fraction of sp³-hybridized carbons (Fsp3) is 0.688. The molecule has 2 heterocycles. The van der Waals surface area contributed by atoms with Gasteiger partial charge in [0.2, 0.25) is 0 Å². The molecule has 0 radical (unpaired) electrons. The van der Waals surface area contributed by atoms with Gasteiger partial charge in [0, 0.05) is 25.7 Å². The van der Waals surface area contributed by atoms with Crippen LogP contribution in [-0.4, -0.2) is 26.0 Å². The Hall–Kier alpha value is -1.23. The second-order valence-electron chi connectivity index (χ2n) is 6.61. The zero-order chi connectivity index (χ0) is 15.1. The number of rotatable bonds is 3. The van der Waals surface area contributed by atoms with Gasteiger partial charge in [-0.1, -0.05) is 13.8 Å². The topological polar surface area (TPSA) is 58.4 Å². The van der Waals surface area contributed by atoms with E-state index in [1.54, 1.807) is 18.4 Å². The minimum Gasteiger partial charge on any atom is -0.397 e. The molecule has 5 heteroatoms. The summed E-state index contributed by atoms with van der Waals surface area (Å²) in [4.78, 5) is 15.2. The van der Waals surface area contributed by atoms with E-state index >= 15 is 0 Å². The van der Waals surface area contributed by atoms with Gasteiger partial charge in [-0.05, 0) is 37.0 Å². The zero-order valence-corrected chi connectivity index (χ0v) is 13.9. The average Bonchev–Trinajstić information content (AvgIpc) is 3.24. The maximum absolute atomic E-state index is 12.0. The molecule has 1 aliphatic carbocycles. The first-order chi connectivity index (χ1) is 10.0. The molecule has 2 fully saturated rings. The molecule has 1 aromatic rings. The highest BCUT2D eigenvalue weighted by Crippen LogP contribution is 2.52. The normalized spacial score (nSPS) is 26.0. The number of carbonyl (C=O) groups excluding carboxylic acids is 1. The number of nitrogens with zero attached hydrogens (tertiary/aromatic N) is 1. The second kappa shape index (κ2) is 5.52. The van der Waals surface area contributed by atoms with Crippen molar-refractivity contribution in [2.75, 3.05) is 30.8 Å². The lowest BCUT2D eigenvalue weighted by atomic mass is 9.88. The lowest BCUT2D eigenvalue weighted by molar-refractivity contribution is 0.0968. The fourth-order valence-corrected chi connectivity index (χ4v) is 4.46. The molecule has 1 aliphatic heterocycles. The average molecular weight is 307 g/mol. The molecule has 2 unspecified atom stereocenters. The molecule has 0 spiro atoms. The maximum atomic E-state index is 12.0. The Labute approximate surface area is 130 Å². The number of nitrogen functional groups attached to an aromatic ring is 1. The minimum atomic E-state index is -0.0518. The van der Waals surface area contributed by atoms with E-state index in [1.807, 2.05) is 0 Å². The van der Waals surface area contributed by atoms with Crippen LogP contribution in [0.15, 0.2) is 0 Å². The van der Waals surface area contributed by atoms with Crippen molar-refractivity contribution in [1.29, 1.82) is 0 Å². The van der Waals surface area contributed by atoms with Crippen molar-refractivity contribution in [3.8, 4) is 0 Å². The fourth-order valence-electron chi connectivity index (χ4n) is 3.18. The van der Waals surface area contributed by atoms with Crippen LogP contribution in [-0.2, 0) is 0 Å². The van der Waals surface area contributed by atoms with Gasteiger partial charge in [-0.2, -0.15) is 0 Å². The summed E-state index contributed by atoms with van der Waals surface area (Å²) in [6.45, 7) is 6.82. The molecule has 116 valence electrons. The smallest absolute Gasteiger partial charge is 0.263 e. The minimum absolute atomic E-state index is 0.0518. The lowest BCUT2D eigenvalue weighted by Gasteiger charge is -2.36. The van der Waals surface area contributed by atoms with Gasteiger partial charge in [0.15, 0.2) is 0 Å². The molecule has 4 nitrogen and oxygen atoms in total. The Bertz CT molecular complexity index is 550. The molecule has 21 heavy (non-hydrogen) atoms. The molecule has 0 bridgehead atoms. The molecular formula is C16H25N3OS. The maximum Gasteiger partial charge on any atom is 0.263 e. The van der Waals surface area contributed by atoms with Crippen LogP contribution in [0.1, 0.15) is 54.3 Å². The summed E-state index contributed by atoms with van der Waals surface area (Å²) in [7, 11) is 1.67. The number of thiophene rings is 1. The van der Waals surface area contributed by atoms with Crippen LogP contribution in [0.4, 0.5) is 10.7 Å². The molecule has 3 N–H and O–H groups in total. The molecule has 1 amide bonds. The predicted molar refractivity (Wildman–Crippen MR) is 89.3 cm³/mol. The molecule has 2 aliphatic rings. The van der Waals surface area contributed by atoms with Gasteiger partial charge in [0.1, 0.15) is 4.88 Å². The van der Waals surface area contributed by atoms with Gasteiger partial charge >= 0.3 is 0 Å². The molecule has 1 saturated heterocycles. The largest absolute Gasteiger partial charge is 0.397 e. The number of piperidine rings is 1. The van der Waals surface area contributed by atoms with E-state index in [1.165, 1.54) is 29.8 Å². The van der Waals surface area contributed by atoms with Crippen molar-refractivity contribution in [1.82, 2.24) is 5.32 Å². The third-order valence-corrected chi connectivity index (χ3v) is 6.29. The molecule has 1 saturated carbocycles. The van der Waals surface area contributed by atoms with Crippen LogP contribution in [0.2, 0.25) is 0 Å². The van der Waals surface area contributed by atoms with E-state index in [2.05, 4.69) is 24.1 Å². The molecule has 0 aromatic carbocycles. The van der Waals surface area contributed by atoms with Crippen LogP contribution < -0.4 is 16.0 Å².